The quantitative estimate of drug-likeness (QED) is 0.218. The monoisotopic (exact) mass is 565 g/mol. The molecular formula is C27H21Cl2N5O3S. The summed E-state index contributed by atoms with van der Waals surface area (Å²) < 4.78 is 11.2. The zero-order valence-electron chi connectivity index (χ0n) is 20.3. The Morgan fingerprint density at radius 1 is 1.03 bits per heavy atom. The number of ether oxygens (including phenoxy) is 1. The summed E-state index contributed by atoms with van der Waals surface area (Å²) in [6.45, 7) is 4.45. The smallest absolute Gasteiger partial charge is 0.293 e. The van der Waals surface area contributed by atoms with Crippen LogP contribution in [0.4, 0.5) is 5.69 Å². The molecule has 192 valence electrons. The van der Waals surface area contributed by atoms with Gasteiger partial charge in [-0.3, -0.25) is 10.1 Å². The number of thiocarbonyl (C=S) groups is 1. The van der Waals surface area contributed by atoms with Gasteiger partial charge in [0.25, 0.3) is 5.91 Å². The van der Waals surface area contributed by atoms with E-state index in [1.54, 1.807) is 35.1 Å². The first-order chi connectivity index (χ1) is 18.3. The molecule has 8 nitrogen and oxygen atoms in total. The van der Waals surface area contributed by atoms with Crippen LogP contribution in [0.2, 0.25) is 10.0 Å². The van der Waals surface area contributed by atoms with Gasteiger partial charge in [-0.05, 0) is 98.4 Å². The van der Waals surface area contributed by atoms with Gasteiger partial charge in [0.2, 0.25) is 0 Å². The first-order valence-electron chi connectivity index (χ1n) is 11.6. The van der Waals surface area contributed by atoms with E-state index in [9.17, 15) is 4.79 Å². The third kappa shape index (κ3) is 5.50. The van der Waals surface area contributed by atoms with E-state index >= 15 is 0 Å². The molecule has 38 heavy (non-hydrogen) atoms. The van der Waals surface area contributed by atoms with Gasteiger partial charge in [0.05, 0.1) is 17.3 Å². The number of carbonyl (C=O) groups excluding carboxylic acids is 1. The Labute approximate surface area is 233 Å². The third-order valence-electron chi connectivity index (χ3n) is 5.61. The number of halogens is 2. The van der Waals surface area contributed by atoms with Crippen LogP contribution in [0.15, 0.2) is 71.1 Å². The molecule has 0 saturated heterocycles. The number of hydrogen-bond acceptors (Lipinski definition) is 6. The summed E-state index contributed by atoms with van der Waals surface area (Å²) in [4.78, 5) is 14.3. The molecule has 0 atom stereocenters. The zero-order valence-corrected chi connectivity index (χ0v) is 22.6. The summed E-state index contributed by atoms with van der Waals surface area (Å²) >= 11 is 17.6. The Hall–Kier alpha value is -3.92. The molecule has 0 aliphatic carbocycles. The van der Waals surface area contributed by atoms with Gasteiger partial charge >= 0.3 is 0 Å². The Balaban J connectivity index is 1.28. The largest absolute Gasteiger partial charge is 0.494 e. The van der Waals surface area contributed by atoms with Gasteiger partial charge in [0.15, 0.2) is 10.9 Å². The van der Waals surface area contributed by atoms with Gasteiger partial charge in [0.1, 0.15) is 22.5 Å². The average molecular weight is 566 g/mol. The van der Waals surface area contributed by atoms with Crippen molar-refractivity contribution in [3.8, 4) is 22.8 Å². The molecule has 0 aliphatic heterocycles. The van der Waals surface area contributed by atoms with E-state index in [0.717, 1.165) is 22.5 Å². The fourth-order valence-electron chi connectivity index (χ4n) is 3.77. The predicted octanol–water partition coefficient (Wildman–Crippen LogP) is 6.82. The van der Waals surface area contributed by atoms with Crippen molar-refractivity contribution >= 4 is 63.2 Å². The molecule has 11 heteroatoms. The van der Waals surface area contributed by atoms with Crippen molar-refractivity contribution in [3.05, 3.63) is 88.1 Å². The number of benzene rings is 3. The maximum Gasteiger partial charge on any atom is 0.293 e. The van der Waals surface area contributed by atoms with Crippen LogP contribution in [0.25, 0.3) is 28.0 Å². The molecule has 0 fully saturated rings. The Morgan fingerprint density at radius 3 is 2.47 bits per heavy atom. The van der Waals surface area contributed by atoms with Crippen LogP contribution in [0.1, 0.15) is 23.0 Å². The fraction of sp³-hybridized carbons (Fsp3) is 0.111. The molecule has 2 heterocycles. The molecule has 1 amide bonds. The summed E-state index contributed by atoms with van der Waals surface area (Å²) in [6, 6.07) is 19.5. The van der Waals surface area contributed by atoms with Gasteiger partial charge in [-0.1, -0.05) is 23.2 Å². The molecule has 0 aliphatic rings. The maximum atomic E-state index is 12.7. The predicted molar refractivity (Wildman–Crippen MR) is 153 cm³/mol. The molecule has 0 spiro atoms. The van der Waals surface area contributed by atoms with E-state index < -0.39 is 5.91 Å². The maximum absolute atomic E-state index is 12.7. The molecule has 0 radical (unpaired) electrons. The minimum absolute atomic E-state index is 0.0839. The normalized spacial score (nSPS) is 10.9. The van der Waals surface area contributed by atoms with Crippen molar-refractivity contribution < 1.29 is 13.9 Å². The molecular weight excluding hydrogens is 545 g/mol. The highest BCUT2D eigenvalue weighted by Crippen LogP contribution is 2.31. The molecule has 5 aromatic rings. The SMILES string of the molecule is CCOc1ccc(-n2nc3cc(C)c(NC(=S)NC(=O)c4ccc(-c5ccc(Cl)cc5Cl)o4)cc3n2)cc1. The van der Waals surface area contributed by atoms with Crippen LogP contribution in [0, 0.1) is 6.92 Å². The lowest BCUT2D eigenvalue weighted by molar-refractivity contribution is 0.0951. The lowest BCUT2D eigenvalue weighted by Crippen LogP contribution is -2.34. The lowest BCUT2D eigenvalue weighted by atomic mass is 10.2. The number of carbonyl (C=O) groups is 1. The highest BCUT2D eigenvalue weighted by molar-refractivity contribution is 7.80. The van der Waals surface area contributed by atoms with E-state index in [1.807, 2.05) is 50.2 Å². The molecule has 2 N–H and O–H groups in total. The summed E-state index contributed by atoms with van der Waals surface area (Å²) in [5.74, 6) is 0.803. The number of rotatable bonds is 6. The van der Waals surface area contributed by atoms with Crippen molar-refractivity contribution in [1.29, 1.82) is 0 Å². The van der Waals surface area contributed by atoms with E-state index in [-0.39, 0.29) is 10.9 Å². The van der Waals surface area contributed by atoms with Crippen LogP contribution in [-0.2, 0) is 0 Å². The van der Waals surface area contributed by atoms with Crippen LogP contribution < -0.4 is 15.4 Å². The second-order valence-corrected chi connectivity index (χ2v) is 9.52. The molecule has 3 aromatic carbocycles. The highest BCUT2D eigenvalue weighted by atomic mass is 35.5. The van der Waals surface area contributed by atoms with E-state index in [4.69, 9.17) is 44.6 Å². The van der Waals surface area contributed by atoms with Gasteiger partial charge in [-0.15, -0.1) is 10.2 Å². The second-order valence-electron chi connectivity index (χ2n) is 8.27. The van der Waals surface area contributed by atoms with Crippen molar-refractivity contribution in [1.82, 2.24) is 20.3 Å². The molecule has 0 bridgehead atoms. The van der Waals surface area contributed by atoms with Gasteiger partial charge in [0, 0.05) is 16.3 Å². The highest BCUT2D eigenvalue weighted by Gasteiger charge is 2.16. The van der Waals surface area contributed by atoms with Crippen molar-refractivity contribution in [2.24, 2.45) is 0 Å². The first kappa shape index (κ1) is 25.7. The summed E-state index contributed by atoms with van der Waals surface area (Å²) in [7, 11) is 0. The van der Waals surface area contributed by atoms with Crippen LogP contribution in [-0.4, -0.2) is 32.6 Å². The van der Waals surface area contributed by atoms with Gasteiger partial charge in [-0.2, -0.15) is 4.80 Å². The Bertz CT molecular complexity index is 1660. The Morgan fingerprint density at radius 2 is 1.76 bits per heavy atom. The number of amides is 1. The van der Waals surface area contributed by atoms with Gasteiger partial charge in [-0.25, -0.2) is 0 Å². The number of aromatic nitrogens is 3. The van der Waals surface area contributed by atoms with E-state index in [0.29, 0.717) is 39.2 Å². The molecule has 5 rings (SSSR count). The Kier molecular flexibility index (Phi) is 7.33. The molecule has 0 unspecified atom stereocenters. The molecule has 0 saturated carbocycles. The van der Waals surface area contributed by atoms with Gasteiger partial charge < -0.3 is 14.5 Å². The van der Waals surface area contributed by atoms with E-state index in [1.165, 1.54) is 0 Å². The lowest BCUT2D eigenvalue weighted by Gasteiger charge is -2.11. The van der Waals surface area contributed by atoms with Crippen molar-refractivity contribution in [2.75, 3.05) is 11.9 Å². The number of fused-ring (bicyclic) bond motifs is 1. The number of anilines is 1. The minimum atomic E-state index is -0.501. The molecule has 2 aromatic heterocycles. The fourth-order valence-corrected chi connectivity index (χ4v) is 4.48. The first-order valence-corrected chi connectivity index (χ1v) is 12.8. The standard InChI is InChI=1S/C27H21Cl2N5O3S/c1-3-36-18-7-5-17(6-8-18)34-32-22-12-15(2)21(14-23(22)33-34)30-27(38)31-26(35)25-11-10-24(37-25)19-9-4-16(28)13-20(19)29/h4-14H,3H2,1-2H3,(H2,30,31,35,38). The summed E-state index contributed by atoms with van der Waals surface area (Å²) in [5, 5.41) is 15.9. The summed E-state index contributed by atoms with van der Waals surface area (Å²) in [5.41, 5.74) is 4.38. The summed E-state index contributed by atoms with van der Waals surface area (Å²) in [6.07, 6.45) is 0. The minimum Gasteiger partial charge on any atom is -0.494 e. The van der Waals surface area contributed by atoms with Crippen molar-refractivity contribution in [2.45, 2.75) is 13.8 Å². The topological polar surface area (TPSA) is 94.2 Å². The zero-order chi connectivity index (χ0) is 26.8. The van der Waals surface area contributed by atoms with Crippen LogP contribution >= 0.6 is 35.4 Å². The number of aryl methyl sites for hydroxylation is 1. The number of furan rings is 1. The number of hydrogen-bond donors (Lipinski definition) is 2. The second kappa shape index (κ2) is 10.8. The average Bonchev–Trinajstić information content (AvgIpc) is 3.52. The van der Waals surface area contributed by atoms with E-state index in [2.05, 4.69) is 20.8 Å². The third-order valence-corrected chi connectivity index (χ3v) is 6.36. The number of nitrogens with one attached hydrogen (secondary N) is 2. The number of nitrogens with zero attached hydrogens (tertiary/aromatic N) is 3. The van der Waals surface area contributed by atoms with Crippen LogP contribution in [0.5, 0.6) is 5.75 Å². The van der Waals surface area contributed by atoms with Crippen LogP contribution in [0.3, 0.4) is 0 Å². The van der Waals surface area contributed by atoms with Crippen molar-refractivity contribution in [3.63, 3.8) is 0 Å².